The molecule has 0 saturated heterocycles. The van der Waals surface area contributed by atoms with E-state index < -0.39 is 12.1 Å². The molecule has 1 aliphatic rings. The van der Waals surface area contributed by atoms with Crippen LogP contribution in [0.2, 0.25) is 0 Å². The average molecular weight is 363 g/mol. The van der Waals surface area contributed by atoms with Crippen LogP contribution >= 0.6 is 0 Å². The Balaban J connectivity index is 1.53. The molecule has 2 heterocycles. The van der Waals surface area contributed by atoms with Crippen molar-refractivity contribution in [2.75, 3.05) is 11.4 Å². The summed E-state index contributed by atoms with van der Waals surface area (Å²) in [6, 6.07) is 15.4. The quantitative estimate of drug-likeness (QED) is 0.669. The third kappa shape index (κ3) is 3.10. The molecule has 0 spiro atoms. The molecule has 0 N–H and O–H groups in total. The van der Waals surface area contributed by atoms with E-state index in [2.05, 4.69) is 0 Å². The van der Waals surface area contributed by atoms with E-state index in [9.17, 15) is 14.4 Å². The lowest BCUT2D eigenvalue weighted by molar-refractivity contribution is -0.126. The zero-order chi connectivity index (χ0) is 19.0. The van der Waals surface area contributed by atoms with Gasteiger partial charge in [0.15, 0.2) is 11.5 Å². The molecule has 0 saturated carbocycles. The molecular weight excluding hydrogens is 346 g/mol. The number of hydrogen-bond donors (Lipinski definition) is 0. The molecule has 0 fully saturated rings. The van der Waals surface area contributed by atoms with Crippen LogP contribution in [0.4, 0.5) is 5.69 Å². The molecule has 6 heteroatoms. The van der Waals surface area contributed by atoms with Gasteiger partial charge in [-0.05, 0) is 37.1 Å². The smallest absolute Gasteiger partial charge is 0.375 e. The Hall–Kier alpha value is -3.41. The van der Waals surface area contributed by atoms with Gasteiger partial charge < -0.3 is 14.1 Å². The van der Waals surface area contributed by atoms with Crippen molar-refractivity contribution in [3.05, 3.63) is 76.1 Å². The van der Waals surface area contributed by atoms with Crippen molar-refractivity contribution in [1.82, 2.24) is 0 Å². The summed E-state index contributed by atoms with van der Waals surface area (Å²) >= 11 is 0. The highest BCUT2D eigenvalue weighted by molar-refractivity contribution is 6.00. The Labute approximate surface area is 155 Å². The molecule has 1 atom stereocenters. The van der Waals surface area contributed by atoms with Gasteiger partial charge in [-0.3, -0.25) is 9.59 Å². The number of carbonyl (C=O) groups is 2. The minimum absolute atomic E-state index is 0.222. The van der Waals surface area contributed by atoms with Gasteiger partial charge in [-0.15, -0.1) is 0 Å². The van der Waals surface area contributed by atoms with Crippen LogP contribution in [0.1, 0.15) is 23.0 Å². The molecule has 136 valence electrons. The molecule has 0 radical (unpaired) electrons. The zero-order valence-electron chi connectivity index (χ0n) is 14.7. The van der Waals surface area contributed by atoms with E-state index in [-0.39, 0.29) is 17.1 Å². The van der Waals surface area contributed by atoms with Gasteiger partial charge in [0.1, 0.15) is 5.58 Å². The van der Waals surface area contributed by atoms with Crippen molar-refractivity contribution >= 4 is 28.5 Å². The first-order chi connectivity index (χ1) is 13.0. The topological polar surface area (TPSA) is 76.8 Å². The lowest BCUT2D eigenvalue weighted by atomic mass is 10.2. The minimum Gasteiger partial charge on any atom is -0.449 e. The van der Waals surface area contributed by atoms with Crippen molar-refractivity contribution in [2.24, 2.45) is 0 Å². The number of fused-ring (bicyclic) bond motifs is 2. The number of hydrogen-bond acceptors (Lipinski definition) is 5. The molecule has 3 aromatic rings. The Kier molecular flexibility index (Phi) is 4.24. The van der Waals surface area contributed by atoms with Gasteiger partial charge in [0.25, 0.3) is 5.91 Å². The van der Waals surface area contributed by atoms with Crippen LogP contribution in [0, 0.1) is 0 Å². The summed E-state index contributed by atoms with van der Waals surface area (Å²) in [6.07, 6.45) is -0.234. The number of ether oxygens (including phenoxy) is 1. The Morgan fingerprint density at radius 3 is 2.70 bits per heavy atom. The molecule has 4 rings (SSSR count). The van der Waals surface area contributed by atoms with Crippen molar-refractivity contribution in [3.8, 4) is 0 Å². The number of rotatable bonds is 3. The van der Waals surface area contributed by atoms with Gasteiger partial charge in [-0.2, -0.15) is 0 Å². The van der Waals surface area contributed by atoms with Crippen molar-refractivity contribution in [2.45, 2.75) is 19.4 Å². The van der Waals surface area contributed by atoms with Gasteiger partial charge in [0, 0.05) is 18.3 Å². The number of amides is 1. The summed E-state index contributed by atoms with van der Waals surface area (Å²) in [5.74, 6) is -1.37. The fourth-order valence-electron chi connectivity index (χ4n) is 3.26. The lowest BCUT2D eigenvalue weighted by Crippen LogP contribution is -2.39. The summed E-state index contributed by atoms with van der Waals surface area (Å²) in [4.78, 5) is 38.8. The third-order valence-corrected chi connectivity index (χ3v) is 4.62. The average Bonchev–Trinajstić information content (AvgIpc) is 3.11. The SMILES string of the molecule is C[C@H](OC(=O)c1cc(=O)c2ccccc2o1)C(=O)N1CCc2ccccc21. The summed E-state index contributed by atoms with van der Waals surface area (Å²) in [5, 5.41) is 0.381. The molecule has 1 amide bonds. The minimum atomic E-state index is -1.000. The van der Waals surface area contributed by atoms with Crippen LogP contribution in [0.3, 0.4) is 0 Å². The zero-order valence-corrected chi connectivity index (χ0v) is 14.7. The van der Waals surface area contributed by atoms with Crippen molar-refractivity contribution < 1.29 is 18.7 Å². The Bertz CT molecular complexity index is 1100. The first-order valence-electron chi connectivity index (χ1n) is 8.68. The standard InChI is InChI=1S/C21H17NO5/c1-13(20(24)22-11-10-14-6-2-4-8-16(14)22)26-21(25)19-12-17(23)15-7-3-5-9-18(15)27-19/h2-9,12-13H,10-11H2,1H3/t13-/m0/s1. The number of para-hydroxylation sites is 2. The number of benzene rings is 2. The monoisotopic (exact) mass is 363 g/mol. The van der Waals surface area contributed by atoms with Gasteiger partial charge >= 0.3 is 5.97 Å². The molecule has 27 heavy (non-hydrogen) atoms. The van der Waals surface area contributed by atoms with Gasteiger partial charge in [-0.25, -0.2) is 4.79 Å². The van der Waals surface area contributed by atoms with Crippen molar-refractivity contribution in [1.29, 1.82) is 0 Å². The maximum absolute atomic E-state index is 12.7. The van der Waals surface area contributed by atoms with Crippen LogP contribution in [-0.4, -0.2) is 24.5 Å². The lowest BCUT2D eigenvalue weighted by Gasteiger charge is -2.21. The van der Waals surface area contributed by atoms with Crippen LogP contribution in [0.15, 0.2) is 63.8 Å². The predicted octanol–water partition coefficient (Wildman–Crippen LogP) is 2.93. The summed E-state index contributed by atoms with van der Waals surface area (Å²) in [5.41, 5.74) is 1.88. The molecular formula is C21H17NO5. The Morgan fingerprint density at radius 1 is 1.11 bits per heavy atom. The molecule has 0 aliphatic carbocycles. The van der Waals surface area contributed by atoms with Crippen LogP contribution < -0.4 is 10.3 Å². The molecule has 0 bridgehead atoms. The van der Waals surface area contributed by atoms with Crippen LogP contribution in [0.5, 0.6) is 0 Å². The largest absolute Gasteiger partial charge is 0.449 e. The van der Waals surface area contributed by atoms with E-state index in [1.54, 1.807) is 29.2 Å². The van der Waals surface area contributed by atoms with E-state index in [0.29, 0.717) is 17.5 Å². The fraction of sp³-hybridized carbons (Fsp3) is 0.190. The van der Waals surface area contributed by atoms with Gasteiger partial charge in [0.05, 0.1) is 5.39 Å². The van der Waals surface area contributed by atoms with E-state index in [1.807, 2.05) is 24.3 Å². The van der Waals surface area contributed by atoms with Gasteiger partial charge in [0.2, 0.25) is 5.76 Å². The number of anilines is 1. The molecule has 2 aromatic carbocycles. The predicted molar refractivity (Wildman–Crippen MR) is 99.9 cm³/mol. The summed E-state index contributed by atoms with van der Waals surface area (Å²) in [6.45, 7) is 2.06. The van der Waals surface area contributed by atoms with E-state index in [0.717, 1.165) is 23.7 Å². The number of carbonyl (C=O) groups excluding carboxylic acids is 2. The van der Waals surface area contributed by atoms with Gasteiger partial charge in [-0.1, -0.05) is 30.3 Å². The molecule has 6 nitrogen and oxygen atoms in total. The van der Waals surface area contributed by atoms with Crippen LogP contribution in [-0.2, 0) is 16.0 Å². The normalized spacial score (nSPS) is 14.0. The van der Waals surface area contributed by atoms with E-state index >= 15 is 0 Å². The first kappa shape index (κ1) is 17.0. The summed E-state index contributed by atoms with van der Waals surface area (Å²) < 4.78 is 10.7. The van der Waals surface area contributed by atoms with Crippen LogP contribution in [0.25, 0.3) is 11.0 Å². The summed E-state index contributed by atoms with van der Waals surface area (Å²) in [7, 11) is 0. The number of esters is 1. The molecule has 1 aliphatic heterocycles. The molecule has 1 aromatic heterocycles. The Morgan fingerprint density at radius 2 is 1.85 bits per heavy atom. The number of nitrogens with zero attached hydrogens (tertiary/aromatic N) is 1. The molecule has 0 unspecified atom stereocenters. The second kappa shape index (κ2) is 6.72. The fourth-order valence-corrected chi connectivity index (χ4v) is 3.26. The van der Waals surface area contributed by atoms with E-state index in [4.69, 9.17) is 9.15 Å². The highest BCUT2D eigenvalue weighted by Crippen LogP contribution is 2.28. The first-order valence-corrected chi connectivity index (χ1v) is 8.68. The maximum Gasteiger partial charge on any atom is 0.375 e. The highest BCUT2D eigenvalue weighted by Gasteiger charge is 2.30. The third-order valence-electron chi connectivity index (χ3n) is 4.62. The van der Waals surface area contributed by atoms with E-state index in [1.165, 1.54) is 6.92 Å². The second-order valence-corrected chi connectivity index (χ2v) is 6.39. The highest BCUT2D eigenvalue weighted by atomic mass is 16.6. The van der Waals surface area contributed by atoms with Crippen molar-refractivity contribution in [3.63, 3.8) is 0 Å². The second-order valence-electron chi connectivity index (χ2n) is 6.39. The maximum atomic E-state index is 12.7.